The van der Waals surface area contributed by atoms with Crippen LogP contribution in [0.25, 0.3) is 0 Å². The smallest absolute Gasteiger partial charge is 0.196 e. The van der Waals surface area contributed by atoms with E-state index in [4.69, 9.17) is 11.6 Å². The molecule has 0 spiro atoms. The van der Waals surface area contributed by atoms with Crippen LogP contribution in [0.3, 0.4) is 0 Å². The average molecular weight is 286 g/mol. The molecule has 100 valence electrons. The summed E-state index contributed by atoms with van der Waals surface area (Å²) in [6.07, 6.45) is 0. The van der Waals surface area contributed by atoms with Crippen molar-refractivity contribution in [2.75, 3.05) is 5.32 Å². The second-order valence-corrected chi connectivity index (χ2v) is 5.40. The van der Waals surface area contributed by atoms with E-state index in [2.05, 4.69) is 5.32 Å². The van der Waals surface area contributed by atoms with Crippen molar-refractivity contribution in [2.45, 2.75) is 12.5 Å². The lowest BCUT2D eigenvalue weighted by Crippen LogP contribution is -2.45. The summed E-state index contributed by atoms with van der Waals surface area (Å²) in [6, 6.07) is 13.9. The molecule has 0 aliphatic heterocycles. The first kappa shape index (κ1) is 12.9. The van der Waals surface area contributed by atoms with Crippen molar-refractivity contribution < 1.29 is 9.59 Å². The van der Waals surface area contributed by atoms with Crippen LogP contribution in [0.2, 0.25) is 5.02 Å². The molecule has 0 unspecified atom stereocenters. The van der Waals surface area contributed by atoms with Gasteiger partial charge in [-0.3, -0.25) is 9.59 Å². The number of halogens is 1. The maximum atomic E-state index is 12.5. The third-order valence-corrected chi connectivity index (χ3v) is 3.78. The van der Waals surface area contributed by atoms with Gasteiger partial charge in [0.15, 0.2) is 17.1 Å². The minimum atomic E-state index is -1.27. The molecule has 1 aliphatic carbocycles. The Hall–Kier alpha value is -2.13. The highest BCUT2D eigenvalue weighted by atomic mass is 35.5. The van der Waals surface area contributed by atoms with Crippen LogP contribution in [0.4, 0.5) is 5.69 Å². The molecule has 20 heavy (non-hydrogen) atoms. The first-order valence-electron chi connectivity index (χ1n) is 6.25. The van der Waals surface area contributed by atoms with Gasteiger partial charge < -0.3 is 5.32 Å². The highest BCUT2D eigenvalue weighted by Crippen LogP contribution is 2.33. The fourth-order valence-corrected chi connectivity index (χ4v) is 2.68. The van der Waals surface area contributed by atoms with Crippen LogP contribution < -0.4 is 5.32 Å². The first-order valence-corrected chi connectivity index (χ1v) is 6.62. The fraction of sp³-hybridized carbons (Fsp3) is 0.125. The number of benzene rings is 2. The molecule has 0 saturated heterocycles. The topological polar surface area (TPSA) is 46.2 Å². The molecule has 2 aromatic carbocycles. The number of carbonyl (C=O) groups is 2. The average Bonchev–Trinajstić information content (AvgIpc) is 2.62. The molecule has 3 rings (SSSR count). The Labute approximate surface area is 121 Å². The van der Waals surface area contributed by atoms with E-state index in [1.807, 2.05) is 0 Å². The van der Waals surface area contributed by atoms with Gasteiger partial charge in [-0.1, -0.05) is 41.9 Å². The zero-order valence-corrected chi connectivity index (χ0v) is 11.6. The van der Waals surface area contributed by atoms with Crippen LogP contribution in [0.15, 0.2) is 48.5 Å². The molecule has 0 amide bonds. The minimum Gasteiger partial charge on any atom is -0.366 e. The van der Waals surface area contributed by atoms with E-state index in [-0.39, 0.29) is 11.6 Å². The van der Waals surface area contributed by atoms with Crippen LogP contribution >= 0.6 is 11.6 Å². The van der Waals surface area contributed by atoms with E-state index in [0.717, 1.165) is 0 Å². The summed E-state index contributed by atoms with van der Waals surface area (Å²) in [4.78, 5) is 25.0. The predicted molar refractivity (Wildman–Crippen MR) is 78.6 cm³/mol. The summed E-state index contributed by atoms with van der Waals surface area (Å²) in [7, 11) is 0. The Balaban J connectivity index is 2.02. The second kappa shape index (κ2) is 4.46. The van der Waals surface area contributed by atoms with Gasteiger partial charge in [0.1, 0.15) is 0 Å². The lowest BCUT2D eigenvalue weighted by Gasteiger charge is -2.23. The largest absolute Gasteiger partial charge is 0.366 e. The summed E-state index contributed by atoms with van der Waals surface area (Å²) in [5.74, 6) is -0.420. The number of hydrogen-bond acceptors (Lipinski definition) is 3. The van der Waals surface area contributed by atoms with Crippen molar-refractivity contribution in [1.29, 1.82) is 0 Å². The lowest BCUT2D eigenvalue weighted by atomic mass is 9.95. The van der Waals surface area contributed by atoms with Crippen molar-refractivity contribution >= 4 is 28.9 Å². The number of rotatable bonds is 2. The van der Waals surface area contributed by atoms with Crippen molar-refractivity contribution in [3.63, 3.8) is 0 Å². The maximum absolute atomic E-state index is 12.5. The molecule has 0 radical (unpaired) electrons. The summed E-state index contributed by atoms with van der Waals surface area (Å²) in [6.45, 7) is 1.61. The molecule has 1 aliphatic rings. The lowest BCUT2D eigenvalue weighted by molar-refractivity contribution is 0.0835. The van der Waals surface area contributed by atoms with Gasteiger partial charge in [0.2, 0.25) is 0 Å². The normalized spacial score (nSPS) is 16.1. The van der Waals surface area contributed by atoms with Crippen LogP contribution in [0, 0.1) is 0 Å². The van der Waals surface area contributed by atoms with E-state index in [9.17, 15) is 9.59 Å². The van der Waals surface area contributed by atoms with Gasteiger partial charge in [0.05, 0.1) is 0 Å². The van der Waals surface area contributed by atoms with Crippen molar-refractivity contribution in [3.8, 4) is 0 Å². The molecule has 0 saturated carbocycles. The second-order valence-electron chi connectivity index (χ2n) is 4.96. The molecule has 2 aromatic rings. The molecule has 4 heteroatoms. The van der Waals surface area contributed by atoms with Crippen molar-refractivity contribution in [3.05, 3.63) is 64.7 Å². The summed E-state index contributed by atoms with van der Waals surface area (Å²) in [5.41, 5.74) is 0.313. The number of nitrogens with one attached hydrogen (secondary N) is 1. The number of hydrogen-bond donors (Lipinski definition) is 1. The van der Waals surface area contributed by atoms with E-state index in [0.29, 0.717) is 21.8 Å². The number of fused-ring (bicyclic) bond motifs is 1. The summed E-state index contributed by atoms with van der Waals surface area (Å²) < 4.78 is 0. The summed E-state index contributed by atoms with van der Waals surface area (Å²) in [5, 5.41) is 3.57. The third kappa shape index (κ3) is 1.82. The first-order chi connectivity index (χ1) is 9.52. The van der Waals surface area contributed by atoms with Gasteiger partial charge in [0, 0.05) is 21.8 Å². The van der Waals surface area contributed by atoms with Gasteiger partial charge in [-0.25, -0.2) is 0 Å². The van der Waals surface area contributed by atoms with Crippen LogP contribution in [-0.4, -0.2) is 17.1 Å². The molecular formula is C16H12ClNO2. The minimum absolute atomic E-state index is 0.210. The van der Waals surface area contributed by atoms with Crippen LogP contribution in [-0.2, 0) is 0 Å². The molecule has 0 fully saturated rings. The fourth-order valence-electron chi connectivity index (χ4n) is 2.49. The molecule has 1 N–H and O–H groups in total. The molecule has 3 nitrogen and oxygen atoms in total. The standard InChI is InChI=1S/C16H12ClNO2/c1-16(18-11-6-4-5-10(17)9-11)14(19)12-7-2-3-8-13(12)15(16)20/h2-9,18H,1H3. The molecule has 0 aromatic heterocycles. The number of ketones is 2. The molecule has 0 heterocycles. The van der Waals surface area contributed by atoms with Crippen molar-refractivity contribution in [1.82, 2.24) is 0 Å². The number of Topliss-reactive ketones (excluding diaryl/α,β-unsaturated/α-hetero) is 2. The van der Waals surface area contributed by atoms with Gasteiger partial charge in [-0.15, -0.1) is 0 Å². The Morgan fingerprint density at radius 2 is 1.55 bits per heavy atom. The Kier molecular flexibility index (Phi) is 2.87. The van der Waals surface area contributed by atoms with E-state index in [1.54, 1.807) is 55.5 Å². The molecular weight excluding hydrogens is 274 g/mol. The van der Waals surface area contributed by atoms with Gasteiger partial charge in [-0.05, 0) is 25.1 Å². The van der Waals surface area contributed by atoms with Gasteiger partial charge in [0.25, 0.3) is 0 Å². The Morgan fingerprint density at radius 3 is 2.10 bits per heavy atom. The van der Waals surface area contributed by atoms with Gasteiger partial charge in [-0.2, -0.15) is 0 Å². The zero-order valence-electron chi connectivity index (χ0n) is 10.8. The van der Waals surface area contributed by atoms with Crippen LogP contribution in [0.1, 0.15) is 27.6 Å². The summed E-state index contributed by atoms with van der Waals surface area (Å²) >= 11 is 5.93. The molecule has 0 atom stereocenters. The zero-order chi connectivity index (χ0) is 14.3. The van der Waals surface area contributed by atoms with Crippen LogP contribution in [0.5, 0.6) is 0 Å². The highest BCUT2D eigenvalue weighted by Gasteiger charge is 2.49. The maximum Gasteiger partial charge on any atom is 0.196 e. The third-order valence-electron chi connectivity index (χ3n) is 3.54. The number of anilines is 1. The predicted octanol–water partition coefficient (Wildman–Crippen LogP) is 3.59. The van der Waals surface area contributed by atoms with Gasteiger partial charge >= 0.3 is 0 Å². The van der Waals surface area contributed by atoms with Crippen molar-refractivity contribution in [2.24, 2.45) is 0 Å². The van der Waals surface area contributed by atoms with E-state index >= 15 is 0 Å². The van der Waals surface area contributed by atoms with E-state index in [1.165, 1.54) is 0 Å². The number of carbonyl (C=O) groups excluding carboxylic acids is 2. The van der Waals surface area contributed by atoms with E-state index < -0.39 is 5.54 Å². The highest BCUT2D eigenvalue weighted by molar-refractivity contribution is 6.34. The quantitative estimate of drug-likeness (QED) is 0.858. The Bertz CT molecular complexity index is 689. The SMILES string of the molecule is CC1(Nc2cccc(Cl)c2)C(=O)c2ccccc2C1=O. The Morgan fingerprint density at radius 1 is 0.950 bits per heavy atom. The molecule has 0 bridgehead atoms. The monoisotopic (exact) mass is 285 g/mol.